The van der Waals surface area contributed by atoms with Crippen molar-refractivity contribution in [2.75, 3.05) is 6.61 Å². The number of halogens is 2. The number of nitrogens with two attached hydrogens (primary N) is 1. The largest absolute Gasteiger partial charge is 0.491 e. The third-order valence-electron chi connectivity index (χ3n) is 3.07. The van der Waals surface area contributed by atoms with Crippen LogP contribution >= 0.6 is 24.0 Å². The molecule has 1 aromatic carbocycles. The van der Waals surface area contributed by atoms with Crippen LogP contribution in [0.2, 0.25) is 5.02 Å². The van der Waals surface area contributed by atoms with Crippen molar-refractivity contribution in [2.24, 2.45) is 12.8 Å². The van der Waals surface area contributed by atoms with E-state index in [1.165, 1.54) is 0 Å². The molecule has 0 unspecified atom stereocenters. The summed E-state index contributed by atoms with van der Waals surface area (Å²) in [5, 5.41) is 1.89. The second-order valence-electron chi connectivity index (χ2n) is 4.38. The van der Waals surface area contributed by atoms with Crippen molar-refractivity contribution in [3.63, 3.8) is 0 Å². The third kappa shape index (κ3) is 2.92. The summed E-state index contributed by atoms with van der Waals surface area (Å²) >= 11 is 6.02. The van der Waals surface area contributed by atoms with Crippen LogP contribution in [-0.2, 0) is 13.6 Å². The van der Waals surface area contributed by atoms with Gasteiger partial charge in [-0.05, 0) is 24.6 Å². The molecule has 0 fully saturated rings. The second-order valence-corrected chi connectivity index (χ2v) is 4.82. The summed E-state index contributed by atoms with van der Waals surface area (Å²) in [6, 6.07) is 5.18. The topological polar surface area (TPSA) is 57.2 Å². The molecular weight excluding hydrogens is 299 g/mol. The van der Waals surface area contributed by atoms with Gasteiger partial charge in [0.15, 0.2) is 0 Å². The summed E-state index contributed by atoms with van der Waals surface area (Å²) in [6.45, 7) is 2.85. The Balaban J connectivity index is 0.00000200. The monoisotopic (exact) mass is 316 g/mol. The zero-order valence-electron chi connectivity index (χ0n) is 11.5. The van der Waals surface area contributed by atoms with Gasteiger partial charge in [0.2, 0.25) is 0 Å². The standard InChI is InChI=1S/C14H17ClN2O2.ClH/c1-3-6-19-13-11-7-9(15)4-5-10(11)14(18)17(2)12(13)8-16;/h4-5,7H,3,6,8,16H2,1-2H3;1H. The van der Waals surface area contributed by atoms with Gasteiger partial charge in [-0.3, -0.25) is 4.79 Å². The highest BCUT2D eigenvalue weighted by Crippen LogP contribution is 2.29. The summed E-state index contributed by atoms with van der Waals surface area (Å²) in [5.41, 5.74) is 6.35. The molecule has 2 rings (SSSR count). The van der Waals surface area contributed by atoms with E-state index in [1.807, 2.05) is 6.92 Å². The summed E-state index contributed by atoms with van der Waals surface area (Å²) in [5.74, 6) is 0.656. The number of pyridine rings is 1. The number of fused-ring (bicyclic) bond motifs is 1. The molecule has 0 saturated heterocycles. The maximum Gasteiger partial charge on any atom is 0.258 e. The first-order valence-corrected chi connectivity index (χ1v) is 6.62. The molecule has 20 heavy (non-hydrogen) atoms. The van der Waals surface area contributed by atoms with E-state index < -0.39 is 0 Å². The molecule has 6 heteroatoms. The van der Waals surface area contributed by atoms with Gasteiger partial charge in [0, 0.05) is 24.0 Å². The Labute approximate surface area is 128 Å². The van der Waals surface area contributed by atoms with Gasteiger partial charge in [-0.1, -0.05) is 18.5 Å². The van der Waals surface area contributed by atoms with Gasteiger partial charge >= 0.3 is 0 Å². The van der Waals surface area contributed by atoms with Crippen molar-refractivity contribution in [3.8, 4) is 5.75 Å². The van der Waals surface area contributed by atoms with E-state index in [1.54, 1.807) is 29.8 Å². The van der Waals surface area contributed by atoms with E-state index in [0.717, 1.165) is 11.8 Å². The van der Waals surface area contributed by atoms with Crippen LogP contribution in [0.5, 0.6) is 5.75 Å². The Bertz CT molecular complexity index is 668. The fraction of sp³-hybridized carbons (Fsp3) is 0.357. The molecule has 0 aliphatic carbocycles. The minimum atomic E-state index is -0.0871. The summed E-state index contributed by atoms with van der Waals surface area (Å²) < 4.78 is 7.33. The Morgan fingerprint density at radius 1 is 1.35 bits per heavy atom. The van der Waals surface area contributed by atoms with Gasteiger partial charge in [-0.2, -0.15) is 0 Å². The van der Waals surface area contributed by atoms with Gasteiger partial charge in [0.1, 0.15) is 5.75 Å². The molecule has 0 atom stereocenters. The molecule has 1 aromatic heterocycles. The van der Waals surface area contributed by atoms with E-state index in [2.05, 4.69) is 0 Å². The van der Waals surface area contributed by atoms with E-state index >= 15 is 0 Å². The number of nitrogens with zero attached hydrogens (tertiary/aromatic N) is 1. The molecule has 0 aliphatic heterocycles. The van der Waals surface area contributed by atoms with Crippen LogP contribution in [-0.4, -0.2) is 11.2 Å². The van der Waals surface area contributed by atoms with Crippen molar-refractivity contribution in [2.45, 2.75) is 19.9 Å². The van der Waals surface area contributed by atoms with Crippen molar-refractivity contribution in [1.29, 1.82) is 0 Å². The van der Waals surface area contributed by atoms with Crippen LogP contribution in [0.4, 0.5) is 0 Å². The van der Waals surface area contributed by atoms with Crippen molar-refractivity contribution >= 4 is 34.8 Å². The van der Waals surface area contributed by atoms with Crippen LogP contribution in [0.3, 0.4) is 0 Å². The Morgan fingerprint density at radius 3 is 2.65 bits per heavy atom. The molecule has 1 heterocycles. The predicted molar refractivity (Wildman–Crippen MR) is 85.1 cm³/mol. The Morgan fingerprint density at radius 2 is 2.05 bits per heavy atom. The minimum absolute atomic E-state index is 0. The van der Waals surface area contributed by atoms with Gasteiger partial charge in [-0.25, -0.2) is 0 Å². The summed E-state index contributed by atoms with van der Waals surface area (Å²) in [7, 11) is 1.71. The average Bonchev–Trinajstić information content (AvgIpc) is 2.41. The molecule has 110 valence electrons. The van der Waals surface area contributed by atoms with Crippen LogP contribution in [0.15, 0.2) is 23.0 Å². The first-order valence-electron chi connectivity index (χ1n) is 6.24. The average molecular weight is 317 g/mol. The maximum atomic E-state index is 12.3. The molecule has 2 N–H and O–H groups in total. The van der Waals surface area contributed by atoms with E-state index in [-0.39, 0.29) is 24.5 Å². The molecule has 0 amide bonds. The molecule has 4 nitrogen and oxygen atoms in total. The van der Waals surface area contributed by atoms with E-state index in [4.69, 9.17) is 22.1 Å². The molecule has 0 radical (unpaired) electrons. The zero-order valence-corrected chi connectivity index (χ0v) is 13.1. The predicted octanol–water partition coefficient (Wildman–Crippen LogP) is 2.86. The lowest BCUT2D eigenvalue weighted by Gasteiger charge is -2.16. The van der Waals surface area contributed by atoms with Crippen LogP contribution in [0, 0.1) is 0 Å². The molecule has 0 aliphatic rings. The minimum Gasteiger partial charge on any atom is -0.491 e. The highest BCUT2D eigenvalue weighted by atomic mass is 35.5. The number of aromatic nitrogens is 1. The first-order chi connectivity index (χ1) is 9.10. The molecule has 2 aromatic rings. The molecular formula is C14H18Cl2N2O2. The van der Waals surface area contributed by atoms with E-state index in [9.17, 15) is 4.79 Å². The smallest absolute Gasteiger partial charge is 0.258 e. The van der Waals surface area contributed by atoms with E-state index in [0.29, 0.717) is 28.5 Å². The van der Waals surface area contributed by atoms with Crippen LogP contribution < -0.4 is 16.0 Å². The van der Waals surface area contributed by atoms with Gasteiger partial charge in [-0.15, -0.1) is 12.4 Å². The number of hydrogen-bond acceptors (Lipinski definition) is 3. The Kier molecular flexibility index (Phi) is 5.87. The lowest BCUT2D eigenvalue weighted by Crippen LogP contribution is -2.23. The molecule has 0 spiro atoms. The quantitative estimate of drug-likeness (QED) is 0.943. The summed E-state index contributed by atoms with van der Waals surface area (Å²) in [6.07, 6.45) is 0.884. The molecule has 0 saturated carbocycles. The van der Waals surface area contributed by atoms with Crippen molar-refractivity contribution < 1.29 is 4.74 Å². The van der Waals surface area contributed by atoms with Crippen LogP contribution in [0.25, 0.3) is 10.8 Å². The highest BCUT2D eigenvalue weighted by Gasteiger charge is 2.15. The number of rotatable bonds is 4. The van der Waals surface area contributed by atoms with Crippen molar-refractivity contribution in [1.82, 2.24) is 4.57 Å². The van der Waals surface area contributed by atoms with Crippen LogP contribution in [0.1, 0.15) is 19.0 Å². The zero-order chi connectivity index (χ0) is 14.0. The number of hydrogen-bond donors (Lipinski definition) is 1. The van der Waals surface area contributed by atoms with Gasteiger partial charge in [0.05, 0.1) is 17.7 Å². The first kappa shape index (κ1) is 16.8. The Hall–Kier alpha value is -1.23. The maximum absolute atomic E-state index is 12.3. The summed E-state index contributed by atoms with van der Waals surface area (Å²) in [4.78, 5) is 12.3. The highest BCUT2D eigenvalue weighted by molar-refractivity contribution is 6.31. The van der Waals surface area contributed by atoms with Crippen molar-refractivity contribution in [3.05, 3.63) is 39.3 Å². The number of benzene rings is 1. The van der Waals surface area contributed by atoms with Gasteiger partial charge < -0.3 is 15.0 Å². The molecule has 0 bridgehead atoms. The normalized spacial score (nSPS) is 10.4. The van der Waals surface area contributed by atoms with Gasteiger partial charge in [0.25, 0.3) is 5.56 Å². The fourth-order valence-electron chi connectivity index (χ4n) is 2.10. The lowest BCUT2D eigenvalue weighted by molar-refractivity contribution is 0.314. The number of ether oxygens (including phenoxy) is 1. The lowest BCUT2D eigenvalue weighted by atomic mass is 10.1. The SMILES string of the molecule is CCCOc1c(CN)n(C)c(=O)c2ccc(Cl)cc12.Cl. The fourth-order valence-corrected chi connectivity index (χ4v) is 2.27. The second kappa shape index (κ2) is 6.97. The third-order valence-corrected chi connectivity index (χ3v) is 3.31.